The van der Waals surface area contributed by atoms with Crippen LogP contribution in [0, 0.1) is 11.8 Å². The maximum atomic E-state index is 9.17. The molecule has 0 amide bonds. The summed E-state index contributed by atoms with van der Waals surface area (Å²) in [5.41, 5.74) is 0. The van der Waals surface area contributed by atoms with E-state index in [1.807, 2.05) is 0 Å². The summed E-state index contributed by atoms with van der Waals surface area (Å²) in [6.45, 7) is 9.19. The van der Waals surface area contributed by atoms with E-state index in [4.69, 9.17) is 0 Å². The highest BCUT2D eigenvalue weighted by Crippen LogP contribution is 2.14. The Kier molecular flexibility index (Phi) is 9.10. The highest BCUT2D eigenvalue weighted by molar-refractivity contribution is 7.09. The molecule has 4 nitrogen and oxygen atoms in total. The SMILES string of the molecule is CCNC(=NCc1cccs1)NCC(CCO)CC(C)C. The molecule has 1 heterocycles. The number of hydrogen-bond donors (Lipinski definition) is 3. The molecule has 0 aliphatic rings. The molecule has 0 aromatic carbocycles. The molecule has 3 N–H and O–H groups in total. The fourth-order valence-electron chi connectivity index (χ4n) is 2.29. The van der Waals surface area contributed by atoms with Crippen molar-refractivity contribution in [3.63, 3.8) is 0 Å². The zero-order valence-electron chi connectivity index (χ0n) is 13.4. The normalized spacial score (nSPS) is 13.5. The highest BCUT2D eigenvalue weighted by atomic mass is 32.1. The van der Waals surface area contributed by atoms with Crippen molar-refractivity contribution in [3.05, 3.63) is 22.4 Å². The summed E-state index contributed by atoms with van der Waals surface area (Å²) in [6, 6.07) is 4.15. The van der Waals surface area contributed by atoms with Gasteiger partial charge in [-0.15, -0.1) is 11.3 Å². The van der Waals surface area contributed by atoms with E-state index in [-0.39, 0.29) is 6.61 Å². The van der Waals surface area contributed by atoms with E-state index in [9.17, 15) is 5.11 Å². The molecule has 0 saturated carbocycles. The van der Waals surface area contributed by atoms with Gasteiger partial charge in [0.1, 0.15) is 0 Å². The van der Waals surface area contributed by atoms with Crippen LogP contribution in [0.4, 0.5) is 0 Å². The molecule has 1 atom stereocenters. The van der Waals surface area contributed by atoms with E-state index in [2.05, 4.69) is 53.9 Å². The molecule has 1 aromatic rings. The quantitative estimate of drug-likeness (QED) is 0.485. The fraction of sp³-hybridized carbons (Fsp3) is 0.688. The van der Waals surface area contributed by atoms with E-state index in [1.165, 1.54) is 4.88 Å². The lowest BCUT2D eigenvalue weighted by Crippen LogP contribution is -2.40. The van der Waals surface area contributed by atoms with Crippen LogP contribution >= 0.6 is 11.3 Å². The lowest BCUT2D eigenvalue weighted by molar-refractivity contribution is 0.243. The number of nitrogens with one attached hydrogen (secondary N) is 2. The Labute approximate surface area is 132 Å². The van der Waals surface area contributed by atoms with Gasteiger partial charge in [0.2, 0.25) is 0 Å². The summed E-state index contributed by atoms with van der Waals surface area (Å²) in [4.78, 5) is 5.87. The van der Waals surface area contributed by atoms with Gasteiger partial charge in [-0.1, -0.05) is 19.9 Å². The summed E-state index contributed by atoms with van der Waals surface area (Å²) in [6.07, 6.45) is 1.97. The van der Waals surface area contributed by atoms with Gasteiger partial charge in [0, 0.05) is 24.6 Å². The molecule has 21 heavy (non-hydrogen) atoms. The predicted octanol–water partition coefficient (Wildman–Crippen LogP) is 2.85. The van der Waals surface area contributed by atoms with Gasteiger partial charge >= 0.3 is 0 Å². The van der Waals surface area contributed by atoms with Crippen molar-refractivity contribution in [2.75, 3.05) is 19.7 Å². The molecule has 1 rings (SSSR count). The molecule has 0 aliphatic heterocycles. The van der Waals surface area contributed by atoms with E-state index in [0.29, 0.717) is 18.4 Å². The number of hydrogen-bond acceptors (Lipinski definition) is 3. The minimum atomic E-state index is 0.252. The first kappa shape index (κ1) is 18.0. The second-order valence-electron chi connectivity index (χ2n) is 5.66. The van der Waals surface area contributed by atoms with E-state index in [0.717, 1.165) is 31.9 Å². The van der Waals surface area contributed by atoms with Crippen LogP contribution in [0.3, 0.4) is 0 Å². The van der Waals surface area contributed by atoms with Gasteiger partial charge in [-0.25, -0.2) is 4.99 Å². The number of aliphatic hydroxyl groups is 1. The Morgan fingerprint density at radius 2 is 2.19 bits per heavy atom. The van der Waals surface area contributed by atoms with Crippen LogP contribution in [-0.4, -0.2) is 30.8 Å². The van der Waals surface area contributed by atoms with E-state index < -0.39 is 0 Å². The first-order chi connectivity index (χ1) is 10.2. The maximum absolute atomic E-state index is 9.17. The van der Waals surface area contributed by atoms with Crippen LogP contribution in [-0.2, 0) is 6.54 Å². The first-order valence-electron chi connectivity index (χ1n) is 7.81. The lowest BCUT2D eigenvalue weighted by atomic mass is 9.94. The molecule has 0 bridgehead atoms. The largest absolute Gasteiger partial charge is 0.396 e. The number of aliphatic imine (C=N–C) groups is 1. The fourth-order valence-corrected chi connectivity index (χ4v) is 2.92. The number of thiophene rings is 1. The molecule has 0 aliphatic carbocycles. The molecular weight excluding hydrogens is 282 g/mol. The molecular formula is C16H29N3OS. The second-order valence-corrected chi connectivity index (χ2v) is 6.70. The maximum Gasteiger partial charge on any atom is 0.191 e. The molecule has 5 heteroatoms. The van der Waals surface area contributed by atoms with E-state index in [1.54, 1.807) is 11.3 Å². The minimum absolute atomic E-state index is 0.252. The number of rotatable bonds is 9. The first-order valence-corrected chi connectivity index (χ1v) is 8.69. The van der Waals surface area contributed by atoms with Crippen LogP contribution < -0.4 is 10.6 Å². The molecule has 0 saturated heterocycles. The summed E-state index contributed by atoms with van der Waals surface area (Å²) in [7, 11) is 0. The van der Waals surface area contributed by atoms with Gasteiger partial charge in [-0.3, -0.25) is 0 Å². The van der Waals surface area contributed by atoms with Gasteiger partial charge in [-0.05, 0) is 43.0 Å². The van der Waals surface area contributed by atoms with Crippen molar-refractivity contribution < 1.29 is 5.11 Å². The Morgan fingerprint density at radius 1 is 1.38 bits per heavy atom. The second kappa shape index (κ2) is 10.6. The monoisotopic (exact) mass is 311 g/mol. The van der Waals surface area contributed by atoms with Crippen LogP contribution in [0.2, 0.25) is 0 Å². The van der Waals surface area contributed by atoms with Crippen molar-refractivity contribution in [3.8, 4) is 0 Å². The molecule has 1 aromatic heterocycles. The zero-order valence-corrected chi connectivity index (χ0v) is 14.2. The van der Waals surface area contributed by atoms with Gasteiger partial charge in [-0.2, -0.15) is 0 Å². The van der Waals surface area contributed by atoms with Crippen LogP contribution in [0.25, 0.3) is 0 Å². The number of aliphatic hydroxyl groups excluding tert-OH is 1. The average Bonchev–Trinajstić information content (AvgIpc) is 2.94. The average molecular weight is 311 g/mol. The Bertz CT molecular complexity index is 390. The smallest absolute Gasteiger partial charge is 0.191 e. The summed E-state index contributed by atoms with van der Waals surface area (Å²) in [5.74, 6) is 1.99. The van der Waals surface area contributed by atoms with Crippen LogP contribution in [0.5, 0.6) is 0 Å². The Morgan fingerprint density at radius 3 is 2.76 bits per heavy atom. The zero-order chi connectivity index (χ0) is 15.5. The molecule has 0 radical (unpaired) electrons. The molecule has 0 spiro atoms. The van der Waals surface area contributed by atoms with Crippen molar-refractivity contribution in [2.45, 2.75) is 40.2 Å². The standard InChI is InChI=1S/C16H29N3OS/c1-4-17-16(19-12-15-6-5-9-21-15)18-11-14(7-8-20)10-13(2)3/h5-6,9,13-14,20H,4,7-8,10-12H2,1-3H3,(H2,17,18,19). The highest BCUT2D eigenvalue weighted by Gasteiger charge is 2.11. The minimum Gasteiger partial charge on any atom is -0.396 e. The van der Waals surface area contributed by atoms with Gasteiger partial charge in [0.05, 0.1) is 6.54 Å². The van der Waals surface area contributed by atoms with Crippen LogP contribution in [0.1, 0.15) is 38.5 Å². The molecule has 1 unspecified atom stereocenters. The molecule has 120 valence electrons. The predicted molar refractivity (Wildman–Crippen MR) is 91.8 cm³/mol. The van der Waals surface area contributed by atoms with Crippen molar-refractivity contribution >= 4 is 17.3 Å². The molecule has 0 fully saturated rings. The number of guanidine groups is 1. The van der Waals surface area contributed by atoms with Crippen LogP contribution in [0.15, 0.2) is 22.5 Å². The topological polar surface area (TPSA) is 56.7 Å². The Balaban J connectivity index is 2.49. The summed E-state index contributed by atoms with van der Waals surface area (Å²) >= 11 is 1.73. The third kappa shape index (κ3) is 8.07. The Hall–Kier alpha value is -1.07. The lowest BCUT2D eigenvalue weighted by Gasteiger charge is -2.20. The third-order valence-electron chi connectivity index (χ3n) is 3.22. The van der Waals surface area contributed by atoms with Gasteiger partial charge < -0.3 is 15.7 Å². The summed E-state index contributed by atoms with van der Waals surface area (Å²) in [5, 5.41) is 17.9. The van der Waals surface area contributed by atoms with Gasteiger partial charge in [0.15, 0.2) is 5.96 Å². The van der Waals surface area contributed by atoms with Crippen molar-refractivity contribution in [2.24, 2.45) is 16.8 Å². The number of nitrogens with zero attached hydrogens (tertiary/aromatic N) is 1. The van der Waals surface area contributed by atoms with Crippen molar-refractivity contribution in [1.29, 1.82) is 0 Å². The van der Waals surface area contributed by atoms with Crippen molar-refractivity contribution in [1.82, 2.24) is 10.6 Å². The van der Waals surface area contributed by atoms with E-state index >= 15 is 0 Å². The third-order valence-corrected chi connectivity index (χ3v) is 4.08. The van der Waals surface area contributed by atoms with Gasteiger partial charge in [0.25, 0.3) is 0 Å². The summed E-state index contributed by atoms with van der Waals surface area (Å²) < 4.78 is 0.